The molecule has 1 fully saturated rings. The van der Waals surface area contributed by atoms with Gasteiger partial charge in [0.15, 0.2) is 0 Å². The van der Waals surface area contributed by atoms with Crippen molar-refractivity contribution in [3.05, 3.63) is 28.2 Å². The molecule has 1 heterocycles. The van der Waals surface area contributed by atoms with Gasteiger partial charge in [-0.1, -0.05) is 0 Å². The molecular weight excluding hydrogens is 284 g/mol. The molecule has 92 valence electrons. The van der Waals surface area contributed by atoms with Crippen LogP contribution in [-0.4, -0.2) is 34.6 Å². The van der Waals surface area contributed by atoms with Crippen LogP contribution in [-0.2, 0) is 0 Å². The van der Waals surface area contributed by atoms with Gasteiger partial charge in [-0.3, -0.25) is 4.79 Å². The number of anilines is 1. The summed E-state index contributed by atoms with van der Waals surface area (Å²) < 4.78 is 0.717. The smallest absolute Gasteiger partial charge is 0.253 e. The number of hydrogen-bond acceptors (Lipinski definition) is 3. The lowest BCUT2D eigenvalue weighted by molar-refractivity contribution is 0.0572. The van der Waals surface area contributed by atoms with Crippen molar-refractivity contribution in [1.29, 1.82) is 0 Å². The van der Waals surface area contributed by atoms with Crippen LogP contribution in [0.4, 0.5) is 5.69 Å². The standard InChI is InChI=1S/C12H15BrN2O2/c1-12(17)4-5-15(7-12)11(16)8-2-3-10(14)9(13)6-8/h2-3,6,17H,4-5,7,14H2,1H3. The number of nitrogens with zero attached hydrogens (tertiary/aromatic N) is 1. The molecule has 1 atom stereocenters. The Morgan fingerprint density at radius 2 is 2.29 bits per heavy atom. The highest BCUT2D eigenvalue weighted by molar-refractivity contribution is 9.10. The lowest BCUT2D eigenvalue weighted by atomic mass is 10.1. The maximum absolute atomic E-state index is 12.2. The fraction of sp³-hybridized carbons (Fsp3) is 0.417. The van der Waals surface area contributed by atoms with Crippen LogP contribution in [0.15, 0.2) is 22.7 Å². The summed E-state index contributed by atoms with van der Waals surface area (Å²) in [4.78, 5) is 13.8. The predicted molar refractivity (Wildman–Crippen MR) is 69.7 cm³/mol. The molecule has 1 aromatic rings. The third-order valence-electron chi connectivity index (χ3n) is 2.99. The van der Waals surface area contributed by atoms with Crippen LogP contribution in [0.25, 0.3) is 0 Å². The molecule has 2 rings (SSSR count). The number of carbonyl (C=O) groups excluding carboxylic acids is 1. The average molecular weight is 299 g/mol. The van der Waals surface area contributed by atoms with E-state index in [0.717, 1.165) is 0 Å². The number of nitrogens with two attached hydrogens (primary N) is 1. The van der Waals surface area contributed by atoms with Gasteiger partial charge in [-0.2, -0.15) is 0 Å². The van der Waals surface area contributed by atoms with Gasteiger partial charge < -0.3 is 15.7 Å². The number of benzene rings is 1. The highest BCUT2D eigenvalue weighted by Gasteiger charge is 2.34. The molecule has 3 N–H and O–H groups in total. The van der Waals surface area contributed by atoms with Crippen LogP contribution in [0.2, 0.25) is 0 Å². The van der Waals surface area contributed by atoms with E-state index in [1.807, 2.05) is 0 Å². The first-order valence-electron chi connectivity index (χ1n) is 5.46. The largest absolute Gasteiger partial charge is 0.398 e. The Balaban J connectivity index is 2.18. The number of nitrogen functional groups attached to an aromatic ring is 1. The second kappa shape index (κ2) is 4.31. The minimum Gasteiger partial charge on any atom is -0.398 e. The zero-order valence-corrected chi connectivity index (χ0v) is 11.2. The predicted octanol–water partition coefficient (Wildman–Crippen LogP) is 1.63. The number of halogens is 1. The minimum atomic E-state index is -0.763. The molecule has 0 radical (unpaired) electrons. The van der Waals surface area contributed by atoms with E-state index >= 15 is 0 Å². The van der Waals surface area contributed by atoms with E-state index in [1.165, 1.54) is 0 Å². The normalized spacial score (nSPS) is 24.1. The number of likely N-dealkylation sites (tertiary alicyclic amines) is 1. The number of amides is 1. The van der Waals surface area contributed by atoms with Crippen molar-refractivity contribution >= 4 is 27.5 Å². The average Bonchev–Trinajstić information content (AvgIpc) is 2.62. The zero-order valence-electron chi connectivity index (χ0n) is 9.61. The van der Waals surface area contributed by atoms with Crippen molar-refractivity contribution in [3.8, 4) is 0 Å². The Labute approximate surface area is 109 Å². The minimum absolute atomic E-state index is 0.0662. The maximum Gasteiger partial charge on any atom is 0.253 e. The van der Waals surface area contributed by atoms with E-state index in [0.29, 0.717) is 35.2 Å². The summed E-state index contributed by atoms with van der Waals surface area (Å²) >= 11 is 3.30. The molecule has 0 spiro atoms. The van der Waals surface area contributed by atoms with Gasteiger partial charge in [-0.25, -0.2) is 0 Å². The summed E-state index contributed by atoms with van der Waals surface area (Å²) in [5.74, 6) is -0.0662. The number of carbonyl (C=O) groups is 1. The topological polar surface area (TPSA) is 66.6 Å². The van der Waals surface area contributed by atoms with Gasteiger partial charge in [0, 0.05) is 28.8 Å². The summed E-state index contributed by atoms with van der Waals surface area (Å²) in [5, 5.41) is 9.84. The Hall–Kier alpha value is -1.07. The SMILES string of the molecule is CC1(O)CCN(C(=O)c2ccc(N)c(Br)c2)C1. The lowest BCUT2D eigenvalue weighted by Crippen LogP contribution is -2.33. The summed E-state index contributed by atoms with van der Waals surface area (Å²) in [6.45, 7) is 2.72. The number of β-amino-alcohol motifs (C(OH)–C–C–N with tert-alkyl or cyclic N) is 1. The second-order valence-electron chi connectivity index (χ2n) is 4.71. The molecule has 1 aliphatic heterocycles. The number of hydrogen-bond donors (Lipinski definition) is 2. The molecule has 1 aromatic carbocycles. The second-order valence-corrected chi connectivity index (χ2v) is 5.56. The van der Waals surface area contributed by atoms with Gasteiger partial charge in [-0.15, -0.1) is 0 Å². The van der Waals surface area contributed by atoms with E-state index in [1.54, 1.807) is 30.0 Å². The monoisotopic (exact) mass is 298 g/mol. The highest BCUT2D eigenvalue weighted by Crippen LogP contribution is 2.25. The molecule has 1 aliphatic rings. The van der Waals surface area contributed by atoms with Gasteiger partial charge in [-0.05, 0) is 47.5 Å². The van der Waals surface area contributed by atoms with Crippen molar-refractivity contribution < 1.29 is 9.90 Å². The zero-order chi connectivity index (χ0) is 12.6. The summed E-state index contributed by atoms with van der Waals surface area (Å²) in [5.41, 5.74) is 6.10. The van der Waals surface area contributed by atoms with E-state index in [2.05, 4.69) is 15.9 Å². The van der Waals surface area contributed by atoms with Crippen molar-refractivity contribution in [2.24, 2.45) is 0 Å². The third-order valence-corrected chi connectivity index (χ3v) is 3.67. The van der Waals surface area contributed by atoms with Crippen LogP contribution >= 0.6 is 15.9 Å². The summed E-state index contributed by atoms with van der Waals surface area (Å²) in [6.07, 6.45) is 0.620. The van der Waals surface area contributed by atoms with Crippen LogP contribution in [0, 0.1) is 0 Å². The number of rotatable bonds is 1. The van der Waals surface area contributed by atoms with Gasteiger partial charge in [0.1, 0.15) is 0 Å². The van der Waals surface area contributed by atoms with Crippen molar-refractivity contribution in [2.75, 3.05) is 18.8 Å². The Kier molecular flexibility index (Phi) is 3.14. The first kappa shape index (κ1) is 12.4. The molecule has 1 unspecified atom stereocenters. The van der Waals surface area contributed by atoms with Crippen LogP contribution in [0.3, 0.4) is 0 Å². The van der Waals surface area contributed by atoms with Crippen molar-refractivity contribution in [2.45, 2.75) is 18.9 Å². The molecule has 0 saturated carbocycles. The van der Waals surface area contributed by atoms with Crippen molar-refractivity contribution in [1.82, 2.24) is 4.90 Å². The molecule has 0 aliphatic carbocycles. The fourth-order valence-corrected chi connectivity index (χ4v) is 2.34. The molecular formula is C12H15BrN2O2. The molecule has 0 aromatic heterocycles. The first-order valence-corrected chi connectivity index (χ1v) is 6.25. The van der Waals surface area contributed by atoms with Gasteiger partial charge >= 0.3 is 0 Å². The Morgan fingerprint density at radius 3 is 2.82 bits per heavy atom. The van der Waals surface area contributed by atoms with E-state index in [9.17, 15) is 9.90 Å². The Morgan fingerprint density at radius 1 is 1.59 bits per heavy atom. The molecule has 4 nitrogen and oxygen atoms in total. The molecule has 17 heavy (non-hydrogen) atoms. The van der Waals surface area contributed by atoms with E-state index in [-0.39, 0.29) is 5.91 Å². The summed E-state index contributed by atoms with van der Waals surface area (Å²) in [6, 6.07) is 5.12. The van der Waals surface area contributed by atoms with Crippen LogP contribution < -0.4 is 5.73 Å². The highest BCUT2D eigenvalue weighted by atomic mass is 79.9. The lowest BCUT2D eigenvalue weighted by Gasteiger charge is -2.19. The van der Waals surface area contributed by atoms with Gasteiger partial charge in [0.2, 0.25) is 0 Å². The van der Waals surface area contributed by atoms with Crippen molar-refractivity contribution in [3.63, 3.8) is 0 Å². The fourth-order valence-electron chi connectivity index (χ4n) is 1.96. The Bertz CT molecular complexity index is 460. The van der Waals surface area contributed by atoms with Crippen LogP contribution in [0.1, 0.15) is 23.7 Å². The quantitative estimate of drug-likeness (QED) is 0.775. The van der Waals surface area contributed by atoms with E-state index < -0.39 is 5.60 Å². The molecule has 5 heteroatoms. The molecule has 0 bridgehead atoms. The third kappa shape index (κ3) is 2.61. The molecule has 1 saturated heterocycles. The number of aliphatic hydroxyl groups is 1. The molecule has 1 amide bonds. The van der Waals surface area contributed by atoms with Gasteiger partial charge in [0.25, 0.3) is 5.91 Å². The first-order chi connectivity index (χ1) is 7.89. The van der Waals surface area contributed by atoms with E-state index in [4.69, 9.17) is 5.73 Å². The maximum atomic E-state index is 12.2. The van der Waals surface area contributed by atoms with Gasteiger partial charge in [0.05, 0.1) is 5.60 Å². The summed E-state index contributed by atoms with van der Waals surface area (Å²) in [7, 11) is 0. The van der Waals surface area contributed by atoms with Crippen LogP contribution in [0.5, 0.6) is 0 Å².